The van der Waals surface area contributed by atoms with E-state index in [1.54, 1.807) is 0 Å². The number of hydrogen-bond acceptors (Lipinski definition) is 2. The van der Waals surface area contributed by atoms with Gasteiger partial charge in [-0.05, 0) is 19.3 Å². The maximum atomic E-state index is 11.3. The Kier molecular flexibility index (Phi) is 2.85. The van der Waals surface area contributed by atoms with E-state index in [0.717, 1.165) is 35.6 Å². The van der Waals surface area contributed by atoms with Gasteiger partial charge in [-0.2, -0.15) is 0 Å². The molecular formula is C15H16N2O2. The maximum Gasteiger partial charge on any atom is 0.312 e. The number of aliphatic carboxylic acids is 1. The van der Waals surface area contributed by atoms with E-state index < -0.39 is 11.9 Å². The van der Waals surface area contributed by atoms with Crippen LogP contribution in [0.2, 0.25) is 0 Å². The molecular weight excluding hydrogens is 240 g/mol. The summed E-state index contributed by atoms with van der Waals surface area (Å²) >= 11 is 0. The fourth-order valence-electron chi connectivity index (χ4n) is 2.82. The maximum absolute atomic E-state index is 11.3. The minimum absolute atomic E-state index is 0.451. The first kappa shape index (κ1) is 12.0. The monoisotopic (exact) mass is 256 g/mol. The van der Waals surface area contributed by atoms with Crippen molar-refractivity contribution in [2.45, 2.75) is 25.2 Å². The van der Waals surface area contributed by atoms with Gasteiger partial charge in [0.25, 0.3) is 0 Å². The molecule has 98 valence electrons. The first-order valence-electron chi connectivity index (χ1n) is 6.52. The summed E-state index contributed by atoms with van der Waals surface area (Å²) in [6, 6.07) is 9.91. The summed E-state index contributed by atoms with van der Waals surface area (Å²) in [4.78, 5) is 15.9. The normalized spacial score (nSPS) is 18.1. The van der Waals surface area contributed by atoms with Crippen LogP contribution in [0.5, 0.6) is 0 Å². The fourth-order valence-corrected chi connectivity index (χ4v) is 2.82. The van der Waals surface area contributed by atoms with Crippen LogP contribution in [-0.2, 0) is 18.3 Å². The number of benzene rings is 1. The molecule has 1 N–H and O–H groups in total. The predicted octanol–water partition coefficient (Wildman–Crippen LogP) is 2.59. The molecule has 2 aromatic rings. The molecule has 1 atom stereocenters. The Hall–Kier alpha value is -2.10. The van der Waals surface area contributed by atoms with Crippen molar-refractivity contribution in [1.29, 1.82) is 0 Å². The van der Waals surface area contributed by atoms with Gasteiger partial charge in [-0.1, -0.05) is 30.3 Å². The van der Waals surface area contributed by atoms with E-state index in [-0.39, 0.29) is 0 Å². The minimum atomic E-state index is -0.765. The number of carboxylic acid groups (broad SMARTS) is 1. The van der Waals surface area contributed by atoms with Crippen molar-refractivity contribution in [2.75, 3.05) is 0 Å². The van der Waals surface area contributed by atoms with Gasteiger partial charge in [0.15, 0.2) is 0 Å². The van der Waals surface area contributed by atoms with Crippen molar-refractivity contribution >= 4 is 5.97 Å². The van der Waals surface area contributed by atoms with E-state index in [4.69, 9.17) is 0 Å². The lowest BCUT2D eigenvalue weighted by molar-refractivity contribution is -0.139. The second-order valence-electron chi connectivity index (χ2n) is 4.98. The molecule has 0 fully saturated rings. The van der Waals surface area contributed by atoms with E-state index in [2.05, 4.69) is 4.98 Å². The molecule has 0 saturated carbocycles. The van der Waals surface area contributed by atoms with Crippen LogP contribution in [0.4, 0.5) is 0 Å². The molecule has 4 nitrogen and oxygen atoms in total. The topological polar surface area (TPSA) is 55.1 Å². The summed E-state index contributed by atoms with van der Waals surface area (Å²) in [5.41, 5.74) is 2.85. The minimum Gasteiger partial charge on any atom is -0.481 e. The molecule has 0 radical (unpaired) electrons. The Morgan fingerprint density at radius 1 is 1.37 bits per heavy atom. The molecule has 1 aromatic carbocycles. The van der Waals surface area contributed by atoms with Gasteiger partial charge in [0.2, 0.25) is 0 Å². The summed E-state index contributed by atoms with van der Waals surface area (Å²) in [5, 5.41) is 9.31. The highest BCUT2D eigenvalue weighted by Crippen LogP contribution is 2.34. The number of aromatic nitrogens is 2. The van der Waals surface area contributed by atoms with Crippen LogP contribution < -0.4 is 0 Å². The standard InChI is InChI=1S/C15H16N2O2/c1-17-12-9-5-8-11(15(18)19)13(12)16-14(17)10-6-3-2-4-7-10/h2-4,6-7,11H,5,8-9H2,1H3,(H,18,19). The van der Waals surface area contributed by atoms with Crippen molar-refractivity contribution in [2.24, 2.45) is 7.05 Å². The van der Waals surface area contributed by atoms with Crippen LogP contribution in [-0.4, -0.2) is 20.6 Å². The van der Waals surface area contributed by atoms with Gasteiger partial charge >= 0.3 is 5.97 Å². The molecule has 1 unspecified atom stereocenters. The van der Waals surface area contributed by atoms with E-state index in [1.165, 1.54) is 0 Å². The molecule has 19 heavy (non-hydrogen) atoms. The van der Waals surface area contributed by atoms with Crippen LogP contribution in [0.3, 0.4) is 0 Å². The number of hydrogen-bond donors (Lipinski definition) is 1. The van der Waals surface area contributed by atoms with E-state index in [1.807, 2.05) is 41.9 Å². The Bertz CT molecular complexity index is 617. The van der Waals surface area contributed by atoms with Crippen molar-refractivity contribution in [1.82, 2.24) is 9.55 Å². The third kappa shape index (κ3) is 1.93. The zero-order valence-electron chi connectivity index (χ0n) is 10.8. The van der Waals surface area contributed by atoms with Gasteiger partial charge in [0, 0.05) is 18.3 Å². The first-order valence-corrected chi connectivity index (χ1v) is 6.52. The van der Waals surface area contributed by atoms with E-state index in [0.29, 0.717) is 6.42 Å². The van der Waals surface area contributed by atoms with Gasteiger partial charge in [-0.15, -0.1) is 0 Å². The van der Waals surface area contributed by atoms with E-state index in [9.17, 15) is 9.90 Å². The molecule has 0 aliphatic heterocycles. The van der Waals surface area contributed by atoms with Crippen LogP contribution in [0.15, 0.2) is 30.3 Å². The summed E-state index contributed by atoms with van der Waals surface area (Å²) in [5.74, 6) is -0.357. The molecule has 1 heterocycles. The highest BCUT2D eigenvalue weighted by atomic mass is 16.4. The molecule has 1 aliphatic rings. The second kappa shape index (κ2) is 4.53. The van der Waals surface area contributed by atoms with Crippen molar-refractivity contribution in [3.05, 3.63) is 41.7 Å². The average molecular weight is 256 g/mol. The Morgan fingerprint density at radius 2 is 2.11 bits per heavy atom. The predicted molar refractivity (Wildman–Crippen MR) is 72.0 cm³/mol. The second-order valence-corrected chi connectivity index (χ2v) is 4.98. The lowest BCUT2D eigenvalue weighted by atomic mass is 9.90. The summed E-state index contributed by atoms with van der Waals surface area (Å²) < 4.78 is 2.04. The van der Waals surface area contributed by atoms with Crippen LogP contribution in [0.25, 0.3) is 11.4 Å². The number of rotatable bonds is 2. The van der Waals surface area contributed by atoms with Crippen molar-refractivity contribution in [3.8, 4) is 11.4 Å². The number of imidazole rings is 1. The number of carboxylic acids is 1. The molecule has 1 aromatic heterocycles. The third-order valence-corrected chi connectivity index (χ3v) is 3.81. The van der Waals surface area contributed by atoms with Gasteiger partial charge in [0.05, 0.1) is 5.69 Å². The molecule has 4 heteroatoms. The largest absolute Gasteiger partial charge is 0.481 e. The smallest absolute Gasteiger partial charge is 0.312 e. The quantitative estimate of drug-likeness (QED) is 0.898. The molecule has 1 aliphatic carbocycles. The Morgan fingerprint density at radius 3 is 2.79 bits per heavy atom. The van der Waals surface area contributed by atoms with Crippen LogP contribution in [0, 0.1) is 0 Å². The molecule has 0 saturated heterocycles. The number of carbonyl (C=O) groups is 1. The number of fused-ring (bicyclic) bond motifs is 1. The van der Waals surface area contributed by atoms with Crippen LogP contribution >= 0.6 is 0 Å². The lowest BCUT2D eigenvalue weighted by Gasteiger charge is -2.18. The zero-order valence-corrected chi connectivity index (χ0v) is 10.8. The fraction of sp³-hybridized carbons (Fsp3) is 0.333. The lowest BCUT2D eigenvalue weighted by Crippen LogP contribution is -2.18. The van der Waals surface area contributed by atoms with Gasteiger partial charge in [-0.25, -0.2) is 4.98 Å². The molecule has 3 rings (SSSR count). The molecule has 0 spiro atoms. The summed E-state index contributed by atoms with van der Waals surface area (Å²) in [6.45, 7) is 0. The molecule has 0 amide bonds. The van der Waals surface area contributed by atoms with Crippen LogP contribution in [0.1, 0.15) is 30.1 Å². The first-order chi connectivity index (χ1) is 9.18. The van der Waals surface area contributed by atoms with Crippen molar-refractivity contribution in [3.63, 3.8) is 0 Å². The summed E-state index contributed by atoms with van der Waals surface area (Å²) in [7, 11) is 1.97. The van der Waals surface area contributed by atoms with Gasteiger partial charge < -0.3 is 9.67 Å². The Labute approximate surface area is 111 Å². The third-order valence-electron chi connectivity index (χ3n) is 3.81. The number of nitrogens with zero attached hydrogens (tertiary/aromatic N) is 2. The zero-order chi connectivity index (χ0) is 13.4. The average Bonchev–Trinajstić information content (AvgIpc) is 2.77. The molecule has 0 bridgehead atoms. The van der Waals surface area contributed by atoms with Gasteiger partial charge in [-0.3, -0.25) is 4.79 Å². The highest BCUT2D eigenvalue weighted by molar-refractivity contribution is 5.76. The SMILES string of the molecule is Cn1c(-c2ccccc2)nc2c1CCCC2C(=O)O. The van der Waals surface area contributed by atoms with Gasteiger partial charge in [0.1, 0.15) is 11.7 Å². The Balaban J connectivity index is 2.13. The van der Waals surface area contributed by atoms with E-state index >= 15 is 0 Å². The summed E-state index contributed by atoms with van der Waals surface area (Å²) in [6.07, 6.45) is 2.51. The van der Waals surface area contributed by atoms with Crippen molar-refractivity contribution < 1.29 is 9.90 Å². The highest BCUT2D eigenvalue weighted by Gasteiger charge is 2.31.